The molecular formula is C19H16N4. The first-order valence-electron chi connectivity index (χ1n) is 7.54. The van der Waals surface area contributed by atoms with Gasteiger partial charge in [-0.3, -0.25) is 9.97 Å². The van der Waals surface area contributed by atoms with Crippen LogP contribution < -0.4 is 0 Å². The van der Waals surface area contributed by atoms with Gasteiger partial charge in [0, 0.05) is 35.2 Å². The lowest BCUT2D eigenvalue weighted by Crippen LogP contribution is -1.96. The Labute approximate surface area is 134 Å². The molecule has 0 spiro atoms. The summed E-state index contributed by atoms with van der Waals surface area (Å²) in [5.74, 6) is 0.946. The van der Waals surface area contributed by atoms with Gasteiger partial charge < -0.3 is 4.57 Å². The van der Waals surface area contributed by atoms with Crippen LogP contribution in [0, 0.1) is 13.8 Å². The van der Waals surface area contributed by atoms with Crippen LogP contribution >= 0.6 is 0 Å². The standard InChI is InChI=1S/C19H16N4/c1-13-3-4-16-9-15(5-6-19(16)22-13)17-10-18(12-20-11-17)23-8-7-21-14(23)2/h3-12H,1-2H3. The van der Waals surface area contributed by atoms with Crippen LogP contribution in [-0.2, 0) is 0 Å². The van der Waals surface area contributed by atoms with Crippen LogP contribution in [0.1, 0.15) is 11.5 Å². The van der Waals surface area contributed by atoms with E-state index in [9.17, 15) is 0 Å². The minimum Gasteiger partial charge on any atom is -0.302 e. The lowest BCUT2D eigenvalue weighted by atomic mass is 10.0. The largest absolute Gasteiger partial charge is 0.302 e. The van der Waals surface area contributed by atoms with E-state index >= 15 is 0 Å². The van der Waals surface area contributed by atoms with Crippen LogP contribution in [-0.4, -0.2) is 19.5 Å². The van der Waals surface area contributed by atoms with E-state index < -0.39 is 0 Å². The Morgan fingerprint density at radius 2 is 1.83 bits per heavy atom. The third-order valence-corrected chi connectivity index (χ3v) is 3.99. The van der Waals surface area contributed by atoms with Crippen molar-refractivity contribution in [2.45, 2.75) is 13.8 Å². The monoisotopic (exact) mass is 300 g/mol. The van der Waals surface area contributed by atoms with Crippen LogP contribution in [0.4, 0.5) is 0 Å². The number of hydrogen-bond donors (Lipinski definition) is 0. The molecule has 0 fully saturated rings. The lowest BCUT2D eigenvalue weighted by Gasteiger charge is -2.08. The zero-order chi connectivity index (χ0) is 15.8. The minimum atomic E-state index is 0.946. The van der Waals surface area contributed by atoms with Gasteiger partial charge in [0.1, 0.15) is 5.82 Å². The molecule has 4 nitrogen and oxygen atoms in total. The number of benzene rings is 1. The fourth-order valence-electron chi connectivity index (χ4n) is 2.78. The van der Waals surface area contributed by atoms with E-state index in [1.54, 1.807) is 6.20 Å². The van der Waals surface area contributed by atoms with Crippen molar-refractivity contribution in [3.63, 3.8) is 0 Å². The van der Waals surface area contributed by atoms with Gasteiger partial charge in [-0.05, 0) is 43.7 Å². The minimum absolute atomic E-state index is 0.946. The molecule has 0 saturated carbocycles. The van der Waals surface area contributed by atoms with E-state index in [2.05, 4.69) is 45.3 Å². The highest BCUT2D eigenvalue weighted by molar-refractivity contribution is 5.84. The van der Waals surface area contributed by atoms with E-state index in [0.29, 0.717) is 0 Å². The van der Waals surface area contributed by atoms with Gasteiger partial charge in [-0.2, -0.15) is 0 Å². The molecular weight excluding hydrogens is 284 g/mol. The second kappa shape index (κ2) is 5.32. The van der Waals surface area contributed by atoms with Gasteiger partial charge in [-0.25, -0.2) is 4.98 Å². The topological polar surface area (TPSA) is 43.6 Å². The molecule has 1 aromatic carbocycles. The molecule has 0 saturated heterocycles. The Morgan fingerprint density at radius 3 is 2.65 bits per heavy atom. The summed E-state index contributed by atoms with van der Waals surface area (Å²) in [5.41, 5.74) is 5.28. The maximum atomic E-state index is 4.55. The normalized spacial score (nSPS) is 11.0. The number of aromatic nitrogens is 4. The molecule has 4 aromatic rings. The van der Waals surface area contributed by atoms with Gasteiger partial charge in [0.2, 0.25) is 0 Å². The first-order chi connectivity index (χ1) is 11.2. The number of nitrogens with zero attached hydrogens (tertiary/aromatic N) is 4. The Hall–Kier alpha value is -3.01. The van der Waals surface area contributed by atoms with E-state index in [1.165, 1.54) is 0 Å². The summed E-state index contributed by atoms with van der Waals surface area (Å²) in [5, 5.41) is 1.14. The number of aryl methyl sites for hydroxylation is 2. The molecule has 4 rings (SSSR count). The van der Waals surface area contributed by atoms with Gasteiger partial charge in [0.05, 0.1) is 17.4 Å². The van der Waals surface area contributed by atoms with Gasteiger partial charge in [0.15, 0.2) is 0 Å². The summed E-state index contributed by atoms with van der Waals surface area (Å²) >= 11 is 0. The summed E-state index contributed by atoms with van der Waals surface area (Å²) in [4.78, 5) is 13.2. The maximum Gasteiger partial charge on any atom is 0.110 e. The summed E-state index contributed by atoms with van der Waals surface area (Å²) < 4.78 is 2.03. The van der Waals surface area contributed by atoms with Crippen molar-refractivity contribution in [1.29, 1.82) is 0 Å². The molecule has 3 aromatic heterocycles. The smallest absolute Gasteiger partial charge is 0.110 e. The number of fused-ring (bicyclic) bond motifs is 1. The van der Waals surface area contributed by atoms with E-state index in [-0.39, 0.29) is 0 Å². The third-order valence-electron chi connectivity index (χ3n) is 3.99. The molecule has 112 valence electrons. The molecule has 0 bridgehead atoms. The van der Waals surface area contributed by atoms with Gasteiger partial charge >= 0.3 is 0 Å². The molecule has 3 heterocycles. The molecule has 0 aliphatic rings. The van der Waals surface area contributed by atoms with Crippen LogP contribution in [0.25, 0.3) is 27.7 Å². The fraction of sp³-hybridized carbons (Fsp3) is 0.105. The number of pyridine rings is 2. The number of hydrogen-bond acceptors (Lipinski definition) is 3. The predicted molar refractivity (Wildman–Crippen MR) is 91.6 cm³/mol. The van der Waals surface area contributed by atoms with E-state index in [0.717, 1.165) is 39.2 Å². The highest BCUT2D eigenvalue weighted by Gasteiger charge is 2.05. The maximum absolute atomic E-state index is 4.55. The average molecular weight is 300 g/mol. The molecule has 0 atom stereocenters. The quantitative estimate of drug-likeness (QED) is 0.560. The summed E-state index contributed by atoms with van der Waals surface area (Å²) in [6.07, 6.45) is 7.48. The Bertz CT molecular complexity index is 1000. The average Bonchev–Trinajstić information content (AvgIpc) is 3.00. The van der Waals surface area contributed by atoms with E-state index in [1.807, 2.05) is 43.1 Å². The molecule has 0 N–H and O–H groups in total. The second-order valence-electron chi connectivity index (χ2n) is 5.64. The van der Waals surface area contributed by atoms with Gasteiger partial charge in [0.25, 0.3) is 0 Å². The molecule has 0 amide bonds. The van der Waals surface area contributed by atoms with Gasteiger partial charge in [-0.15, -0.1) is 0 Å². The second-order valence-corrected chi connectivity index (χ2v) is 5.64. The molecule has 4 heteroatoms. The lowest BCUT2D eigenvalue weighted by molar-refractivity contribution is 0.966. The Kier molecular flexibility index (Phi) is 3.15. The van der Waals surface area contributed by atoms with Crippen molar-refractivity contribution in [1.82, 2.24) is 19.5 Å². The summed E-state index contributed by atoms with van der Waals surface area (Å²) in [6, 6.07) is 12.6. The van der Waals surface area contributed by atoms with Crippen molar-refractivity contribution in [2.75, 3.05) is 0 Å². The zero-order valence-corrected chi connectivity index (χ0v) is 13.1. The molecule has 23 heavy (non-hydrogen) atoms. The summed E-state index contributed by atoms with van der Waals surface area (Å²) in [6.45, 7) is 3.99. The molecule has 0 unspecified atom stereocenters. The van der Waals surface area contributed by atoms with Crippen molar-refractivity contribution < 1.29 is 0 Å². The van der Waals surface area contributed by atoms with Gasteiger partial charge in [-0.1, -0.05) is 12.1 Å². The van der Waals surface area contributed by atoms with Crippen molar-refractivity contribution >= 4 is 10.9 Å². The van der Waals surface area contributed by atoms with Crippen LogP contribution in [0.2, 0.25) is 0 Å². The Morgan fingerprint density at radius 1 is 0.913 bits per heavy atom. The fourth-order valence-corrected chi connectivity index (χ4v) is 2.78. The number of imidazole rings is 1. The van der Waals surface area contributed by atoms with Crippen molar-refractivity contribution in [3.8, 4) is 16.8 Å². The zero-order valence-electron chi connectivity index (χ0n) is 13.1. The van der Waals surface area contributed by atoms with Crippen molar-refractivity contribution in [2.24, 2.45) is 0 Å². The predicted octanol–water partition coefficient (Wildman–Crippen LogP) is 4.10. The highest BCUT2D eigenvalue weighted by atomic mass is 15.1. The number of rotatable bonds is 2. The SMILES string of the molecule is Cc1ccc2cc(-c3cncc(-n4ccnc4C)c3)ccc2n1. The first kappa shape index (κ1) is 13.6. The van der Waals surface area contributed by atoms with Crippen molar-refractivity contribution in [3.05, 3.63) is 72.7 Å². The highest BCUT2D eigenvalue weighted by Crippen LogP contribution is 2.25. The Balaban J connectivity index is 1.82. The van der Waals surface area contributed by atoms with Crippen LogP contribution in [0.5, 0.6) is 0 Å². The molecule has 0 aliphatic heterocycles. The van der Waals surface area contributed by atoms with Crippen LogP contribution in [0.15, 0.2) is 61.2 Å². The summed E-state index contributed by atoms with van der Waals surface area (Å²) in [7, 11) is 0. The molecule has 0 aliphatic carbocycles. The molecule has 0 radical (unpaired) electrons. The van der Waals surface area contributed by atoms with Crippen LogP contribution in [0.3, 0.4) is 0 Å². The van der Waals surface area contributed by atoms with E-state index in [4.69, 9.17) is 0 Å². The first-order valence-corrected chi connectivity index (χ1v) is 7.54. The third kappa shape index (κ3) is 2.48.